The minimum absolute atomic E-state index is 0.161. The first-order valence-electron chi connectivity index (χ1n) is 14.0. The second-order valence-corrected chi connectivity index (χ2v) is 11.8. The van der Waals surface area contributed by atoms with E-state index in [0.29, 0.717) is 23.2 Å². The maximum atomic E-state index is 13.5. The summed E-state index contributed by atoms with van der Waals surface area (Å²) in [6.07, 6.45) is -2.76. The Hall–Kier alpha value is -4.10. The van der Waals surface area contributed by atoms with Gasteiger partial charge in [0.2, 0.25) is 0 Å². The third-order valence-electron chi connectivity index (χ3n) is 7.36. The maximum Gasteiger partial charge on any atom is 0.316 e. The molecule has 12 heteroatoms. The second kappa shape index (κ2) is 12.6. The molecule has 6 N–H and O–H groups in total. The lowest BCUT2D eigenvalue weighted by Gasteiger charge is -2.23. The molecule has 0 saturated carbocycles. The van der Waals surface area contributed by atoms with Gasteiger partial charge in [-0.25, -0.2) is 4.98 Å². The monoisotopic (exact) mass is 594 g/mol. The number of ether oxygens (including phenoxy) is 1. The Morgan fingerprint density at radius 1 is 1.07 bits per heavy atom. The summed E-state index contributed by atoms with van der Waals surface area (Å²) in [5, 5.41) is 43.1. The Kier molecular flexibility index (Phi) is 9.35. The Bertz CT molecular complexity index is 1720. The minimum atomic E-state index is -1.72. The fourth-order valence-electron chi connectivity index (χ4n) is 4.57. The van der Waals surface area contributed by atoms with E-state index >= 15 is 0 Å². The van der Waals surface area contributed by atoms with E-state index in [0.717, 1.165) is 32.2 Å². The molecule has 0 fully saturated rings. The van der Waals surface area contributed by atoms with E-state index in [9.17, 15) is 29.7 Å². The highest BCUT2D eigenvalue weighted by Crippen LogP contribution is 2.26. The summed E-state index contributed by atoms with van der Waals surface area (Å²) in [7, 11) is 0. The number of carbonyl (C=O) groups is 2. The van der Waals surface area contributed by atoms with Crippen molar-refractivity contribution >= 4 is 33.8 Å². The lowest BCUT2D eigenvalue weighted by Crippen LogP contribution is -2.44. The predicted octanol–water partition coefficient (Wildman–Crippen LogP) is 1.49. The van der Waals surface area contributed by atoms with Crippen molar-refractivity contribution in [2.24, 2.45) is 5.41 Å². The van der Waals surface area contributed by atoms with Crippen LogP contribution >= 0.6 is 0 Å². The van der Waals surface area contributed by atoms with Gasteiger partial charge >= 0.3 is 5.97 Å². The van der Waals surface area contributed by atoms with Gasteiger partial charge in [0.25, 0.3) is 11.5 Å². The van der Waals surface area contributed by atoms with Crippen molar-refractivity contribution in [3.05, 3.63) is 69.3 Å². The fourth-order valence-corrected chi connectivity index (χ4v) is 4.57. The molecule has 2 aromatic heterocycles. The van der Waals surface area contributed by atoms with Crippen molar-refractivity contribution in [3.8, 4) is 5.75 Å². The number of aliphatic hydroxyl groups excluding tert-OH is 4. The molecule has 2 heterocycles. The number of benzene rings is 2. The lowest BCUT2D eigenvalue weighted by molar-refractivity contribution is -0.142. The number of aryl methyl sites for hydroxylation is 2. The van der Waals surface area contributed by atoms with Crippen LogP contribution in [-0.2, 0) is 17.8 Å². The van der Waals surface area contributed by atoms with Crippen molar-refractivity contribution in [1.29, 1.82) is 0 Å². The van der Waals surface area contributed by atoms with Gasteiger partial charge in [-0.1, -0.05) is 0 Å². The molecule has 0 aliphatic heterocycles. The number of amides is 1. The number of esters is 1. The number of rotatable bonds is 10. The molecule has 0 bridgehead atoms. The van der Waals surface area contributed by atoms with Crippen LogP contribution in [0.15, 0.2) is 41.3 Å². The van der Waals surface area contributed by atoms with Crippen molar-refractivity contribution in [1.82, 2.24) is 19.9 Å². The molecule has 230 valence electrons. The van der Waals surface area contributed by atoms with Crippen LogP contribution in [0.4, 0.5) is 0 Å². The van der Waals surface area contributed by atoms with Crippen LogP contribution in [0.5, 0.6) is 5.75 Å². The summed E-state index contributed by atoms with van der Waals surface area (Å²) in [6, 6.07) is 8.69. The van der Waals surface area contributed by atoms with E-state index in [-0.39, 0.29) is 12.5 Å². The summed E-state index contributed by atoms with van der Waals surface area (Å²) in [5.74, 6) is -0.673. The van der Waals surface area contributed by atoms with E-state index in [1.165, 1.54) is 0 Å². The number of aliphatic hydroxyl groups is 4. The van der Waals surface area contributed by atoms with Gasteiger partial charge in [0.1, 0.15) is 24.1 Å². The zero-order valence-electron chi connectivity index (χ0n) is 24.8. The van der Waals surface area contributed by atoms with Crippen LogP contribution in [0.3, 0.4) is 0 Å². The van der Waals surface area contributed by atoms with Gasteiger partial charge in [-0.2, -0.15) is 0 Å². The summed E-state index contributed by atoms with van der Waals surface area (Å²) in [6.45, 7) is 7.94. The molecule has 2 aromatic carbocycles. The van der Waals surface area contributed by atoms with E-state index in [1.54, 1.807) is 57.3 Å². The van der Waals surface area contributed by atoms with Gasteiger partial charge in [-0.15, -0.1) is 0 Å². The minimum Gasteiger partial charge on any atom is -0.426 e. The van der Waals surface area contributed by atoms with Gasteiger partial charge in [0, 0.05) is 23.6 Å². The fraction of sp³-hybridized carbons (Fsp3) is 0.419. The molecule has 3 atom stereocenters. The number of aromatic nitrogens is 3. The van der Waals surface area contributed by atoms with Crippen LogP contribution in [0.25, 0.3) is 21.9 Å². The van der Waals surface area contributed by atoms with Crippen LogP contribution in [-0.4, -0.2) is 78.3 Å². The molecule has 4 rings (SSSR count). The summed E-state index contributed by atoms with van der Waals surface area (Å²) < 4.78 is 6.66. The number of H-pyrrole nitrogens is 1. The average molecular weight is 595 g/mol. The van der Waals surface area contributed by atoms with Gasteiger partial charge in [0.15, 0.2) is 5.69 Å². The number of nitrogens with one attached hydrogen (secondary N) is 2. The quantitative estimate of drug-likeness (QED) is 0.117. The van der Waals surface area contributed by atoms with E-state index in [1.807, 2.05) is 13.8 Å². The normalized spacial score (nSPS) is 14.1. The standard InChI is InChI=1S/C31H38N4O8/c1-16-10-22-23(11-17(16)2)35(14-24(37)27(39)25(38)15-36)29(41)26(34-22)28(40)32-9-8-18-13-33-21-7-6-19(12-20(18)21)43-30(42)31(3,4)5/h6-7,10-13,24-25,27,33,36-39H,8-9,14-15H2,1-5H3,(H,32,40)/t24-,25+,27-/m0/s1. The Morgan fingerprint density at radius 2 is 1.77 bits per heavy atom. The molecule has 0 spiro atoms. The third-order valence-corrected chi connectivity index (χ3v) is 7.36. The molecule has 1 amide bonds. The number of nitrogens with zero attached hydrogens (tertiary/aromatic N) is 2. The zero-order chi connectivity index (χ0) is 31.6. The van der Waals surface area contributed by atoms with Crippen molar-refractivity contribution in [3.63, 3.8) is 0 Å². The van der Waals surface area contributed by atoms with Crippen LogP contribution in [0, 0.1) is 19.3 Å². The number of hydrogen-bond donors (Lipinski definition) is 6. The van der Waals surface area contributed by atoms with E-state index in [4.69, 9.17) is 9.84 Å². The molecule has 0 aliphatic rings. The van der Waals surface area contributed by atoms with Gasteiger partial charge < -0.3 is 40.0 Å². The highest BCUT2D eigenvalue weighted by molar-refractivity contribution is 5.94. The van der Waals surface area contributed by atoms with E-state index < -0.39 is 54.0 Å². The Labute approximate surface area is 248 Å². The molecule has 0 saturated heterocycles. The Morgan fingerprint density at radius 3 is 2.44 bits per heavy atom. The van der Waals surface area contributed by atoms with Crippen LogP contribution in [0.2, 0.25) is 0 Å². The number of fused-ring (bicyclic) bond motifs is 2. The van der Waals surface area contributed by atoms with Gasteiger partial charge in [-0.3, -0.25) is 14.4 Å². The first-order chi connectivity index (χ1) is 20.2. The molecule has 43 heavy (non-hydrogen) atoms. The molecular formula is C31H38N4O8. The SMILES string of the molecule is Cc1cc2nc(C(=O)NCCc3c[nH]c4ccc(OC(=O)C(C)(C)C)cc34)c(=O)n(C[C@H](O)[C@H](O)[C@H](O)CO)c2cc1C. The first kappa shape index (κ1) is 31.8. The average Bonchev–Trinajstić information content (AvgIpc) is 3.35. The topological polar surface area (TPSA) is 187 Å². The molecule has 0 unspecified atom stereocenters. The van der Waals surface area contributed by atoms with Crippen molar-refractivity contribution < 1.29 is 34.8 Å². The molecule has 4 aromatic rings. The highest BCUT2D eigenvalue weighted by atomic mass is 16.5. The lowest BCUT2D eigenvalue weighted by atomic mass is 9.97. The molecular weight excluding hydrogens is 556 g/mol. The maximum absolute atomic E-state index is 13.5. The van der Waals surface area contributed by atoms with Crippen LogP contribution < -0.4 is 15.6 Å². The Balaban J connectivity index is 1.57. The summed E-state index contributed by atoms with van der Waals surface area (Å²) in [5.41, 5.74) is 2.26. The number of aromatic amines is 1. The summed E-state index contributed by atoms with van der Waals surface area (Å²) >= 11 is 0. The molecule has 12 nitrogen and oxygen atoms in total. The van der Waals surface area contributed by atoms with E-state index in [2.05, 4.69) is 15.3 Å². The number of carbonyl (C=O) groups excluding carboxylic acids is 2. The molecule has 0 aliphatic carbocycles. The first-order valence-corrected chi connectivity index (χ1v) is 14.0. The van der Waals surface area contributed by atoms with Gasteiger partial charge in [-0.05, 0) is 88.1 Å². The highest BCUT2D eigenvalue weighted by Gasteiger charge is 2.27. The van der Waals surface area contributed by atoms with Crippen molar-refractivity contribution in [2.45, 2.75) is 65.9 Å². The van der Waals surface area contributed by atoms with Crippen molar-refractivity contribution in [2.75, 3.05) is 13.2 Å². The van der Waals surface area contributed by atoms with Gasteiger partial charge in [0.05, 0.1) is 29.6 Å². The predicted molar refractivity (Wildman–Crippen MR) is 160 cm³/mol. The third kappa shape index (κ3) is 6.94. The van der Waals surface area contributed by atoms with Crippen LogP contribution in [0.1, 0.15) is 48.0 Å². The summed E-state index contributed by atoms with van der Waals surface area (Å²) in [4.78, 5) is 46.5. The second-order valence-electron chi connectivity index (χ2n) is 11.8. The zero-order valence-corrected chi connectivity index (χ0v) is 24.8. The number of hydrogen-bond acceptors (Lipinski definition) is 9. The molecule has 0 radical (unpaired) electrons. The largest absolute Gasteiger partial charge is 0.426 e. The smallest absolute Gasteiger partial charge is 0.316 e.